The Morgan fingerprint density at radius 3 is 2.54 bits per heavy atom. The molecule has 0 aromatic rings. The fourth-order valence-corrected chi connectivity index (χ4v) is 6.47. The molecule has 0 saturated heterocycles. The SMILES string of the molecule is CCN(CC)C(=O)[C@]1(C)CCC[C@]2(C)C3CCC(C(C)C)=CC3=CCC21. The molecule has 0 bridgehead atoms. The van der Waals surface area contributed by atoms with Crippen LogP contribution < -0.4 is 0 Å². The molecular formula is C24H39NO. The number of rotatable bonds is 4. The summed E-state index contributed by atoms with van der Waals surface area (Å²) in [5.41, 5.74) is 3.28. The topological polar surface area (TPSA) is 20.3 Å². The number of allylic oxidation sites excluding steroid dienone is 4. The van der Waals surface area contributed by atoms with E-state index in [-0.39, 0.29) is 10.8 Å². The van der Waals surface area contributed by atoms with E-state index in [4.69, 9.17) is 0 Å². The highest BCUT2D eigenvalue weighted by molar-refractivity contribution is 5.83. The lowest BCUT2D eigenvalue weighted by Crippen LogP contribution is -2.56. The van der Waals surface area contributed by atoms with Gasteiger partial charge in [-0.25, -0.2) is 0 Å². The first-order chi connectivity index (χ1) is 12.3. The van der Waals surface area contributed by atoms with Crippen LogP contribution in [0.3, 0.4) is 0 Å². The van der Waals surface area contributed by atoms with Gasteiger partial charge >= 0.3 is 0 Å². The van der Waals surface area contributed by atoms with E-state index in [1.165, 1.54) is 25.7 Å². The third-order valence-electron chi connectivity index (χ3n) is 8.12. The van der Waals surface area contributed by atoms with E-state index in [1.807, 2.05) is 0 Å². The standard InChI is InChI=1S/C24H39NO/c1-7-25(8-2)22(26)24(6)15-9-14-23(5)20-12-10-18(17(3)4)16-19(20)11-13-21(23)24/h11,16-17,20-21H,7-10,12-15H2,1-6H3/t20?,21?,23-,24-/m1/s1. The zero-order chi connectivity index (χ0) is 19.1. The first kappa shape index (κ1) is 19.7. The minimum absolute atomic E-state index is 0.191. The average Bonchev–Trinajstić information content (AvgIpc) is 2.62. The Labute approximate surface area is 161 Å². The van der Waals surface area contributed by atoms with Crippen molar-refractivity contribution in [1.29, 1.82) is 0 Å². The number of carbonyl (C=O) groups is 1. The largest absolute Gasteiger partial charge is 0.343 e. The van der Waals surface area contributed by atoms with E-state index in [2.05, 4.69) is 58.6 Å². The summed E-state index contributed by atoms with van der Waals surface area (Å²) < 4.78 is 0. The number of hydrogen-bond donors (Lipinski definition) is 0. The van der Waals surface area contributed by atoms with Crippen molar-refractivity contribution < 1.29 is 4.79 Å². The molecule has 2 heteroatoms. The van der Waals surface area contributed by atoms with Crippen molar-refractivity contribution in [2.45, 2.75) is 80.1 Å². The molecule has 146 valence electrons. The predicted octanol–water partition coefficient (Wildman–Crippen LogP) is 5.99. The van der Waals surface area contributed by atoms with Crippen LogP contribution in [0.1, 0.15) is 80.1 Å². The van der Waals surface area contributed by atoms with Crippen molar-refractivity contribution in [1.82, 2.24) is 4.90 Å². The summed E-state index contributed by atoms with van der Waals surface area (Å²) >= 11 is 0. The maximum atomic E-state index is 13.5. The Balaban J connectivity index is 1.96. The first-order valence-corrected chi connectivity index (χ1v) is 11.0. The van der Waals surface area contributed by atoms with Crippen LogP contribution in [0.4, 0.5) is 0 Å². The monoisotopic (exact) mass is 357 g/mol. The number of amides is 1. The van der Waals surface area contributed by atoms with E-state index >= 15 is 0 Å². The van der Waals surface area contributed by atoms with Crippen molar-refractivity contribution >= 4 is 5.91 Å². The summed E-state index contributed by atoms with van der Waals surface area (Å²) in [6, 6.07) is 0. The Morgan fingerprint density at radius 1 is 1.23 bits per heavy atom. The van der Waals surface area contributed by atoms with Gasteiger partial charge in [-0.2, -0.15) is 0 Å². The van der Waals surface area contributed by atoms with Gasteiger partial charge in [0.05, 0.1) is 5.41 Å². The van der Waals surface area contributed by atoms with Crippen LogP contribution >= 0.6 is 0 Å². The Bertz CT molecular complexity index is 612. The zero-order valence-electron chi connectivity index (χ0n) is 17.9. The van der Waals surface area contributed by atoms with Gasteiger partial charge in [-0.05, 0) is 74.7 Å². The Morgan fingerprint density at radius 2 is 1.92 bits per heavy atom. The van der Waals surface area contributed by atoms with Crippen molar-refractivity contribution in [3.8, 4) is 0 Å². The lowest BCUT2D eigenvalue weighted by atomic mass is 9.46. The molecule has 3 aliphatic carbocycles. The maximum absolute atomic E-state index is 13.5. The fraction of sp³-hybridized carbons (Fsp3) is 0.792. The van der Waals surface area contributed by atoms with Crippen molar-refractivity contribution in [2.24, 2.45) is 28.6 Å². The lowest BCUT2D eigenvalue weighted by Gasteiger charge is -2.58. The van der Waals surface area contributed by atoms with Gasteiger partial charge < -0.3 is 4.90 Å². The minimum atomic E-state index is -0.191. The molecule has 3 rings (SSSR count). The van der Waals surface area contributed by atoms with Gasteiger partial charge in [0, 0.05) is 13.1 Å². The average molecular weight is 358 g/mol. The van der Waals surface area contributed by atoms with E-state index in [9.17, 15) is 4.79 Å². The summed E-state index contributed by atoms with van der Waals surface area (Å²) in [5, 5.41) is 0. The van der Waals surface area contributed by atoms with Crippen molar-refractivity contribution in [3.05, 3.63) is 23.3 Å². The molecule has 1 saturated carbocycles. The van der Waals surface area contributed by atoms with Crippen LogP contribution in [-0.2, 0) is 4.79 Å². The molecule has 0 aliphatic heterocycles. The predicted molar refractivity (Wildman–Crippen MR) is 110 cm³/mol. The third-order valence-corrected chi connectivity index (χ3v) is 8.12. The highest BCUT2D eigenvalue weighted by Crippen LogP contribution is 2.62. The molecule has 0 radical (unpaired) electrons. The molecule has 0 spiro atoms. The van der Waals surface area contributed by atoms with Crippen LogP contribution in [0.25, 0.3) is 0 Å². The molecule has 2 nitrogen and oxygen atoms in total. The van der Waals surface area contributed by atoms with Crippen molar-refractivity contribution in [3.63, 3.8) is 0 Å². The summed E-state index contributed by atoms with van der Waals surface area (Å²) in [6.45, 7) is 15.3. The molecule has 0 N–H and O–H groups in total. The summed E-state index contributed by atoms with van der Waals surface area (Å²) in [4.78, 5) is 15.5. The van der Waals surface area contributed by atoms with E-state index < -0.39 is 0 Å². The highest BCUT2D eigenvalue weighted by Gasteiger charge is 2.57. The maximum Gasteiger partial charge on any atom is 0.228 e. The summed E-state index contributed by atoms with van der Waals surface area (Å²) in [6.07, 6.45) is 12.1. The summed E-state index contributed by atoms with van der Waals surface area (Å²) in [5.74, 6) is 2.19. The van der Waals surface area contributed by atoms with Crippen LogP contribution in [0.15, 0.2) is 23.3 Å². The Kier molecular flexibility index (Phi) is 5.43. The molecule has 0 aromatic heterocycles. The number of nitrogens with zero attached hydrogens (tertiary/aromatic N) is 1. The van der Waals surface area contributed by atoms with Gasteiger partial charge in [0.2, 0.25) is 5.91 Å². The quantitative estimate of drug-likeness (QED) is 0.605. The van der Waals surface area contributed by atoms with E-state index in [1.54, 1.807) is 11.1 Å². The highest BCUT2D eigenvalue weighted by atomic mass is 16.2. The minimum Gasteiger partial charge on any atom is -0.343 e. The fourth-order valence-electron chi connectivity index (χ4n) is 6.47. The smallest absolute Gasteiger partial charge is 0.228 e. The van der Waals surface area contributed by atoms with E-state index in [0.717, 1.165) is 25.9 Å². The first-order valence-electron chi connectivity index (χ1n) is 11.0. The van der Waals surface area contributed by atoms with Crippen molar-refractivity contribution in [2.75, 3.05) is 13.1 Å². The number of carbonyl (C=O) groups excluding carboxylic acids is 1. The number of hydrogen-bond acceptors (Lipinski definition) is 1. The Hall–Kier alpha value is -1.05. The van der Waals surface area contributed by atoms with Gasteiger partial charge in [0.1, 0.15) is 0 Å². The molecule has 26 heavy (non-hydrogen) atoms. The van der Waals surface area contributed by atoms with Crippen LogP contribution in [0.2, 0.25) is 0 Å². The molecule has 1 amide bonds. The second-order valence-corrected chi connectivity index (χ2v) is 9.71. The lowest BCUT2D eigenvalue weighted by molar-refractivity contribution is -0.155. The molecule has 1 fully saturated rings. The van der Waals surface area contributed by atoms with E-state index in [0.29, 0.717) is 23.7 Å². The van der Waals surface area contributed by atoms with Gasteiger partial charge in [0.25, 0.3) is 0 Å². The van der Waals surface area contributed by atoms with Crippen LogP contribution in [0.5, 0.6) is 0 Å². The molecular weight excluding hydrogens is 318 g/mol. The van der Waals surface area contributed by atoms with Crippen LogP contribution in [0, 0.1) is 28.6 Å². The molecule has 3 aliphatic rings. The molecule has 0 heterocycles. The normalized spacial score (nSPS) is 36.7. The second kappa shape index (κ2) is 7.17. The zero-order valence-corrected chi connectivity index (χ0v) is 17.9. The molecule has 4 atom stereocenters. The van der Waals surface area contributed by atoms with Gasteiger partial charge in [-0.3, -0.25) is 4.79 Å². The molecule has 2 unspecified atom stereocenters. The summed E-state index contributed by atoms with van der Waals surface area (Å²) in [7, 11) is 0. The number of fused-ring (bicyclic) bond motifs is 3. The molecule has 0 aromatic carbocycles. The van der Waals surface area contributed by atoms with Crippen LogP contribution in [-0.4, -0.2) is 23.9 Å². The second-order valence-electron chi connectivity index (χ2n) is 9.71. The van der Waals surface area contributed by atoms with Gasteiger partial charge in [0.15, 0.2) is 0 Å². The van der Waals surface area contributed by atoms with Gasteiger partial charge in [-0.1, -0.05) is 51.8 Å². The third kappa shape index (κ3) is 2.98. The van der Waals surface area contributed by atoms with Gasteiger partial charge in [-0.15, -0.1) is 0 Å².